The van der Waals surface area contributed by atoms with Crippen LogP contribution in [-0.2, 0) is 9.63 Å². The zero-order valence-electron chi connectivity index (χ0n) is 15.1. The number of rotatable bonds is 3. The second-order valence-corrected chi connectivity index (χ2v) is 6.40. The van der Waals surface area contributed by atoms with Crippen molar-refractivity contribution < 1.29 is 22.8 Å². The number of alkyl halides is 3. The summed E-state index contributed by atoms with van der Waals surface area (Å²) < 4.78 is 40.7. The van der Waals surface area contributed by atoms with Crippen LogP contribution >= 0.6 is 0 Å². The summed E-state index contributed by atoms with van der Waals surface area (Å²) in [6.45, 7) is 1.46. The molecule has 0 N–H and O–H groups in total. The van der Waals surface area contributed by atoms with Gasteiger partial charge < -0.3 is 4.90 Å². The minimum absolute atomic E-state index is 0.124. The fourth-order valence-corrected chi connectivity index (χ4v) is 3.02. The fourth-order valence-electron chi connectivity index (χ4n) is 3.02. The number of carbonyl (C=O) groups is 1. The molecule has 0 fully saturated rings. The van der Waals surface area contributed by atoms with E-state index >= 15 is 0 Å². The lowest BCUT2D eigenvalue weighted by molar-refractivity contribution is -0.204. The molecule has 0 aromatic heterocycles. The smallest absolute Gasteiger partial charge is 0.345 e. The van der Waals surface area contributed by atoms with Gasteiger partial charge in [-0.1, -0.05) is 48.5 Å². The van der Waals surface area contributed by atoms with Crippen LogP contribution in [0.4, 0.5) is 18.9 Å². The largest absolute Gasteiger partial charge is 0.421 e. The number of hydroxylamine groups is 1. The Morgan fingerprint density at radius 3 is 2.22 bits per heavy atom. The third kappa shape index (κ3) is 3.55. The molecule has 0 saturated heterocycles. The van der Waals surface area contributed by atoms with Crippen molar-refractivity contribution in [3.05, 3.63) is 65.9 Å². The van der Waals surface area contributed by atoms with Crippen LogP contribution < -0.4 is 5.06 Å². The number of likely N-dealkylation sites (N-methyl/N-ethyl adjacent to an activating group) is 1. The van der Waals surface area contributed by atoms with Crippen molar-refractivity contribution in [2.75, 3.05) is 19.2 Å². The summed E-state index contributed by atoms with van der Waals surface area (Å²) in [5, 5.41) is 1.11. The molecule has 1 unspecified atom stereocenters. The number of benzene rings is 2. The van der Waals surface area contributed by atoms with Crippen LogP contribution in [0.5, 0.6) is 0 Å². The molecule has 0 spiro atoms. The third-order valence-corrected chi connectivity index (χ3v) is 4.31. The highest BCUT2D eigenvalue weighted by Crippen LogP contribution is 2.42. The van der Waals surface area contributed by atoms with Gasteiger partial charge in [-0.25, -0.2) is 5.06 Å². The number of anilines is 1. The second-order valence-electron chi connectivity index (χ2n) is 6.40. The summed E-state index contributed by atoms with van der Waals surface area (Å²) in [6.07, 6.45) is -7.02. The molecule has 1 atom stereocenters. The van der Waals surface area contributed by atoms with Crippen molar-refractivity contribution in [1.29, 1.82) is 0 Å². The van der Waals surface area contributed by atoms with E-state index in [9.17, 15) is 18.0 Å². The summed E-state index contributed by atoms with van der Waals surface area (Å²) in [5.41, 5.74) is 1.70. The van der Waals surface area contributed by atoms with Crippen LogP contribution in [0.1, 0.15) is 6.92 Å². The number of hydrogen-bond acceptors (Lipinski definition) is 3. The van der Waals surface area contributed by atoms with Gasteiger partial charge in [0.1, 0.15) is 0 Å². The van der Waals surface area contributed by atoms with Gasteiger partial charge in [0.15, 0.2) is 0 Å². The Bertz CT molecular complexity index is 876. The van der Waals surface area contributed by atoms with Gasteiger partial charge in [-0.3, -0.25) is 9.63 Å². The predicted octanol–water partition coefficient (Wildman–Crippen LogP) is 4.40. The molecule has 0 saturated carbocycles. The van der Waals surface area contributed by atoms with E-state index < -0.39 is 23.8 Å². The van der Waals surface area contributed by atoms with Crippen molar-refractivity contribution in [1.82, 2.24) is 4.90 Å². The number of allylic oxidation sites excluding steroid dienone is 1. The van der Waals surface area contributed by atoms with E-state index in [1.165, 1.54) is 21.0 Å². The van der Waals surface area contributed by atoms with Gasteiger partial charge in [0.05, 0.1) is 17.0 Å². The Kier molecular flexibility index (Phi) is 4.97. The summed E-state index contributed by atoms with van der Waals surface area (Å²) in [4.78, 5) is 18.8. The van der Waals surface area contributed by atoms with Crippen LogP contribution in [0.15, 0.2) is 65.9 Å². The van der Waals surface area contributed by atoms with Crippen LogP contribution in [-0.4, -0.2) is 37.2 Å². The summed E-state index contributed by atoms with van der Waals surface area (Å²) in [5.74, 6) is -0.727. The Morgan fingerprint density at radius 1 is 1.04 bits per heavy atom. The highest BCUT2D eigenvalue weighted by molar-refractivity contribution is 5.96. The molecule has 142 valence electrons. The number of para-hydroxylation sites is 1. The van der Waals surface area contributed by atoms with Crippen LogP contribution in [0.3, 0.4) is 0 Å². The maximum atomic E-state index is 13.6. The van der Waals surface area contributed by atoms with E-state index in [-0.39, 0.29) is 5.70 Å². The molecule has 0 radical (unpaired) electrons. The third-order valence-electron chi connectivity index (χ3n) is 4.31. The average Bonchev–Trinajstić information content (AvgIpc) is 2.99. The molecular weight excluding hydrogens is 357 g/mol. The Labute approximate surface area is 155 Å². The fraction of sp³-hybridized carbons (Fsp3) is 0.250. The number of nitrogens with zero attached hydrogens (tertiary/aromatic N) is 2. The first-order valence-corrected chi connectivity index (χ1v) is 8.32. The Balaban J connectivity index is 2.13. The lowest BCUT2D eigenvalue weighted by Gasteiger charge is -2.24. The van der Waals surface area contributed by atoms with Crippen molar-refractivity contribution >= 4 is 11.6 Å². The highest BCUT2D eigenvalue weighted by Gasteiger charge is 2.52. The molecule has 27 heavy (non-hydrogen) atoms. The predicted molar refractivity (Wildman–Crippen MR) is 96.7 cm³/mol. The Hall–Kier alpha value is -2.80. The standard InChI is InChI=1S/C20H19F3N2O2/c1-13-17(19(26)24(2)3)18(20(21,22)23)27-25(13)16-12-8-7-11-15(16)14-9-5-4-6-10-14/h4-12,18H,1-3H3. The maximum absolute atomic E-state index is 13.6. The maximum Gasteiger partial charge on any atom is 0.421 e. The van der Waals surface area contributed by atoms with Gasteiger partial charge in [-0.15, -0.1) is 0 Å². The van der Waals surface area contributed by atoms with Gasteiger partial charge >= 0.3 is 6.18 Å². The lowest BCUT2D eigenvalue weighted by Crippen LogP contribution is -2.38. The number of hydrogen-bond donors (Lipinski definition) is 0. The molecule has 2 aromatic rings. The lowest BCUT2D eigenvalue weighted by atomic mass is 10.0. The molecule has 3 rings (SSSR count). The molecule has 7 heteroatoms. The molecule has 0 aliphatic carbocycles. The summed E-state index contributed by atoms with van der Waals surface area (Å²) in [7, 11) is 2.83. The average molecular weight is 376 g/mol. The van der Waals surface area contributed by atoms with E-state index in [0.717, 1.165) is 15.5 Å². The van der Waals surface area contributed by atoms with Crippen molar-refractivity contribution in [3.63, 3.8) is 0 Å². The van der Waals surface area contributed by atoms with Crippen molar-refractivity contribution in [2.24, 2.45) is 0 Å². The molecule has 1 aliphatic heterocycles. The molecule has 0 bridgehead atoms. The van der Waals surface area contributed by atoms with Gasteiger partial charge in [-0.2, -0.15) is 13.2 Å². The van der Waals surface area contributed by atoms with E-state index in [4.69, 9.17) is 4.84 Å². The number of amides is 1. The number of halogens is 3. The topological polar surface area (TPSA) is 32.8 Å². The first-order chi connectivity index (χ1) is 12.7. The van der Waals surface area contributed by atoms with Crippen LogP contribution in [0.2, 0.25) is 0 Å². The molecule has 1 aliphatic rings. The van der Waals surface area contributed by atoms with Gasteiger partial charge in [0.2, 0.25) is 6.10 Å². The minimum Gasteiger partial charge on any atom is -0.345 e. The van der Waals surface area contributed by atoms with Gasteiger partial charge in [-0.05, 0) is 18.6 Å². The highest BCUT2D eigenvalue weighted by atomic mass is 19.4. The van der Waals surface area contributed by atoms with E-state index in [2.05, 4.69) is 0 Å². The van der Waals surface area contributed by atoms with Crippen LogP contribution in [0.25, 0.3) is 11.1 Å². The van der Waals surface area contributed by atoms with E-state index in [1.54, 1.807) is 24.3 Å². The van der Waals surface area contributed by atoms with Gasteiger partial charge in [0.25, 0.3) is 5.91 Å². The molecule has 1 heterocycles. The second kappa shape index (κ2) is 7.08. The zero-order chi connectivity index (χ0) is 19.8. The van der Waals surface area contributed by atoms with Crippen molar-refractivity contribution in [2.45, 2.75) is 19.2 Å². The SMILES string of the molecule is CC1=C(C(=O)N(C)C)C(C(F)(F)F)ON1c1ccccc1-c1ccccc1. The zero-order valence-corrected chi connectivity index (χ0v) is 15.1. The minimum atomic E-state index is -4.71. The monoisotopic (exact) mass is 376 g/mol. The summed E-state index contributed by atoms with van der Waals surface area (Å²) in [6, 6.07) is 16.3. The quantitative estimate of drug-likeness (QED) is 0.796. The van der Waals surface area contributed by atoms with Crippen molar-refractivity contribution in [3.8, 4) is 11.1 Å². The first-order valence-electron chi connectivity index (χ1n) is 8.32. The van der Waals surface area contributed by atoms with E-state index in [1.807, 2.05) is 30.3 Å². The molecule has 2 aromatic carbocycles. The summed E-state index contributed by atoms with van der Waals surface area (Å²) >= 11 is 0. The molecule has 4 nitrogen and oxygen atoms in total. The Morgan fingerprint density at radius 2 is 1.63 bits per heavy atom. The van der Waals surface area contributed by atoms with E-state index in [0.29, 0.717) is 11.3 Å². The number of carbonyl (C=O) groups excluding carboxylic acids is 1. The molecule has 1 amide bonds. The van der Waals surface area contributed by atoms with Crippen LogP contribution in [0, 0.1) is 0 Å². The first kappa shape index (κ1) is 19.0. The normalized spacial score (nSPS) is 17.4. The van der Waals surface area contributed by atoms with Gasteiger partial charge in [0, 0.05) is 19.7 Å². The molecular formula is C20H19F3N2O2.